The van der Waals surface area contributed by atoms with Crippen LogP contribution in [-0.4, -0.2) is 17.6 Å². The molecule has 0 spiro atoms. The standard InChI is InChI=1S/C15H19N3S/c1-11-6-7-12-4-2-3-5-14(12)18(11)9-8-13-10-19-15(16)17-13/h2-5,10-11H,6-9H2,1H3,(H2,16,17). The number of aromatic nitrogens is 1. The van der Waals surface area contributed by atoms with Crippen LogP contribution in [0.1, 0.15) is 24.6 Å². The molecule has 1 aliphatic heterocycles. The molecule has 3 nitrogen and oxygen atoms in total. The van der Waals surface area contributed by atoms with Crippen molar-refractivity contribution in [2.24, 2.45) is 0 Å². The first-order chi connectivity index (χ1) is 9.24. The molecular weight excluding hydrogens is 254 g/mol. The van der Waals surface area contributed by atoms with Crippen molar-refractivity contribution < 1.29 is 0 Å². The first-order valence-corrected chi connectivity index (χ1v) is 7.66. The van der Waals surface area contributed by atoms with Gasteiger partial charge in [-0.1, -0.05) is 18.2 Å². The third-order valence-electron chi connectivity index (χ3n) is 3.84. The molecule has 1 aliphatic rings. The zero-order valence-corrected chi connectivity index (χ0v) is 12.0. The maximum absolute atomic E-state index is 5.68. The highest BCUT2D eigenvalue weighted by atomic mass is 32.1. The third-order valence-corrected chi connectivity index (χ3v) is 4.57. The molecule has 1 aromatic heterocycles. The maximum atomic E-state index is 5.68. The van der Waals surface area contributed by atoms with Crippen molar-refractivity contribution in [3.05, 3.63) is 40.9 Å². The highest BCUT2D eigenvalue weighted by molar-refractivity contribution is 7.13. The number of anilines is 2. The average molecular weight is 273 g/mol. The van der Waals surface area contributed by atoms with Gasteiger partial charge in [0.2, 0.25) is 0 Å². The molecule has 0 bridgehead atoms. The van der Waals surface area contributed by atoms with E-state index in [1.165, 1.54) is 35.4 Å². The van der Waals surface area contributed by atoms with Crippen molar-refractivity contribution in [1.29, 1.82) is 0 Å². The molecule has 2 N–H and O–H groups in total. The molecule has 2 heterocycles. The SMILES string of the molecule is CC1CCc2ccccc2N1CCc1csc(N)n1. The third kappa shape index (κ3) is 2.59. The van der Waals surface area contributed by atoms with Gasteiger partial charge >= 0.3 is 0 Å². The quantitative estimate of drug-likeness (QED) is 0.934. The summed E-state index contributed by atoms with van der Waals surface area (Å²) >= 11 is 1.53. The first kappa shape index (κ1) is 12.5. The van der Waals surface area contributed by atoms with Gasteiger partial charge in [0.15, 0.2) is 5.13 Å². The monoisotopic (exact) mass is 273 g/mol. The predicted octanol–water partition coefficient (Wildman–Crippen LogP) is 3.11. The van der Waals surface area contributed by atoms with Crippen molar-refractivity contribution in [3.63, 3.8) is 0 Å². The largest absolute Gasteiger partial charge is 0.375 e. The Balaban J connectivity index is 1.76. The summed E-state index contributed by atoms with van der Waals surface area (Å²) in [5.74, 6) is 0. The van der Waals surface area contributed by atoms with Gasteiger partial charge in [0.25, 0.3) is 0 Å². The number of thiazole rings is 1. The van der Waals surface area contributed by atoms with Gasteiger partial charge in [-0.3, -0.25) is 0 Å². The lowest BCUT2D eigenvalue weighted by Crippen LogP contribution is -2.38. The first-order valence-electron chi connectivity index (χ1n) is 6.78. The number of nitrogen functional groups attached to an aromatic ring is 1. The van der Waals surface area contributed by atoms with Crippen LogP contribution in [0.15, 0.2) is 29.6 Å². The topological polar surface area (TPSA) is 42.1 Å². The van der Waals surface area contributed by atoms with Crippen LogP contribution in [0.3, 0.4) is 0 Å². The summed E-state index contributed by atoms with van der Waals surface area (Å²) in [6, 6.07) is 9.35. The lowest BCUT2D eigenvalue weighted by atomic mass is 9.96. The predicted molar refractivity (Wildman–Crippen MR) is 81.8 cm³/mol. The van der Waals surface area contributed by atoms with E-state index in [2.05, 4.69) is 46.5 Å². The van der Waals surface area contributed by atoms with E-state index >= 15 is 0 Å². The van der Waals surface area contributed by atoms with E-state index in [9.17, 15) is 0 Å². The van der Waals surface area contributed by atoms with E-state index < -0.39 is 0 Å². The molecule has 0 saturated carbocycles. The number of benzene rings is 1. The molecule has 1 atom stereocenters. The fraction of sp³-hybridized carbons (Fsp3) is 0.400. The van der Waals surface area contributed by atoms with Crippen molar-refractivity contribution in [2.75, 3.05) is 17.2 Å². The maximum Gasteiger partial charge on any atom is 0.180 e. The Morgan fingerprint density at radius 3 is 3.05 bits per heavy atom. The molecule has 2 aromatic rings. The van der Waals surface area contributed by atoms with E-state index in [1.54, 1.807) is 0 Å². The summed E-state index contributed by atoms with van der Waals surface area (Å²) in [5, 5.41) is 2.73. The van der Waals surface area contributed by atoms with Crippen LogP contribution in [-0.2, 0) is 12.8 Å². The van der Waals surface area contributed by atoms with Gasteiger partial charge in [-0.15, -0.1) is 11.3 Å². The van der Waals surface area contributed by atoms with Crippen molar-refractivity contribution >= 4 is 22.2 Å². The van der Waals surface area contributed by atoms with Gasteiger partial charge in [-0.25, -0.2) is 4.98 Å². The molecule has 0 saturated heterocycles. The van der Waals surface area contributed by atoms with Gasteiger partial charge < -0.3 is 10.6 Å². The lowest BCUT2D eigenvalue weighted by molar-refractivity contribution is 0.560. The molecule has 19 heavy (non-hydrogen) atoms. The fourth-order valence-corrected chi connectivity index (χ4v) is 3.37. The van der Waals surface area contributed by atoms with Crippen molar-refractivity contribution in [2.45, 2.75) is 32.2 Å². The van der Waals surface area contributed by atoms with Gasteiger partial charge in [-0.05, 0) is 31.4 Å². The molecule has 1 unspecified atom stereocenters. The zero-order chi connectivity index (χ0) is 13.2. The minimum atomic E-state index is 0.603. The summed E-state index contributed by atoms with van der Waals surface area (Å²) in [4.78, 5) is 6.85. The van der Waals surface area contributed by atoms with Gasteiger partial charge in [0, 0.05) is 30.1 Å². The number of fused-ring (bicyclic) bond motifs is 1. The molecule has 0 aliphatic carbocycles. The minimum absolute atomic E-state index is 0.603. The van der Waals surface area contributed by atoms with Crippen LogP contribution >= 0.6 is 11.3 Å². The Bertz CT molecular complexity index is 564. The van der Waals surface area contributed by atoms with E-state index in [0.717, 1.165) is 18.7 Å². The summed E-state index contributed by atoms with van der Waals surface area (Å²) in [5.41, 5.74) is 9.66. The second-order valence-electron chi connectivity index (χ2n) is 5.14. The molecule has 0 amide bonds. The summed E-state index contributed by atoms with van der Waals surface area (Å²) in [7, 11) is 0. The Kier molecular flexibility index (Phi) is 3.42. The molecule has 3 rings (SSSR count). The summed E-state index contributed by atoms with van der Waals surface area (Å²) in [6.45, 7) is 3.33. The average Bonchev–Trinajstić information content (AvgIpc) is 2.83. The van der Waals surface area contributed by atoms with Crippen LogP contribution in [0.25, 0.3) is 0 Å². The van der Waals surface area contributed by atoms with E-state index in [-0.39, 0.29) is 0 Å². The molecule has 0 fully saturated rings. The molecule has 4 heteroatoms. The number of nitrogens with two attached hydrogens (primary N) is 1. The number of nitrogens with zero attached hydrogens (tertiary/aromatic N) is 2. The van der Waals surface area contributed by atoms with Crippen molar-refractivity contribution in [1.82, 2.24) is 4.98 Å². The Hall–Kier alpha value is -1.55. The highest BCUT2D eigenvalue weighted by Gasteiger charge is 2.22. The normalized spacial score (nSPS) is 18.4. The minimum Gasteiger partial charge on any atom is -0.375 e. The number of hydrogen-bond acceptors (Lipinski definition) is 4. The van der Waals surface area contributed by atoms with Gasteiger partial charge in [0.05, 0.1) is 5.69 Å². The summed E-state index contributed by atoms with van der Waals surface area (Å²) in [6.07, 6.45) is 3.39. The zero-order valence-electron chi connectivity index (χ0n) is 11.2. The Morgan fingerprint density at radius 2 is 2.26 bits per heavy atom. The lowest BCUT2D eigenvalue weighted by Gasteiger charge is -2.37. The number of para-hydroxylation sites is 1. The van der Waals surface area contributed by atoms with E-state index in [0.29, 0.717) is 11.2 Å². The van der Waals surface area contributed by atoms with E-state index in [1.807, 2.05) is 0 Å². The highest BCUT2D eigenvalue weighted by Crippen LogP contribution is 2.30. The smallest absolute Gasteiger partial charge is 0.180 e. The fourth-order valence-electron chi connectivity index (χ4n) is 2.77. The second-order valence-corrected chi connectivity index (χ2v) is 6.03. The van der Waals surface area contributed by atoms with Crippen molar-refractivity contribution in [3.8, 4) is 0 Å². The van der Waals surface area contributed by atoms with E-state index in [4.69, 9.17) is 5.73 Å². The van der Waals surface area contributed by atoms with Crippen LogP contribution in [0, 0.1) is 0 Å². The molecular formula is C15H19N3S. The van der Waals surface area contributed by atoms with Gasteiger partial charge in [0.1, 0.15) is 0 Å². The van der Waals surface area contributed by atoms with Crippen LogP contribution in [0.5, 0.6) is 0 Å². The second kappa shape index (κ2) is 5.21. The molecule has 1 aromatic carbocycles. The number of aryl methyl sites for hydroxylation is 1. The Labute approximate surface area is 118 Å². The summed E-state index contributed by atoms with van der Waals surface area (Å²) < 4.78 is 0. The Morgan fingerprint density at radius 1 is 1.42 bits per heavy atom. The van der Waals surface area contributed by atoms with Crippen LogP contribution in [0.4, 0.5) is 10.8 Å². The van der Waals surface area contributed by atoms with Crippen LogP contribution in [0.2, 0.25) is 0 Å². The van der Waals surface area contributed by atoms with Gasteiger partial charge in [-0.2, -0.15) is 0 Å². The number of hydrogen-bond donors (Lipinski definition) is 1. The number of rotatable bonds is 3. The molecule has 0 radical (unpaired) electrons. The molecule has 100 valence electrons. The van der Waals surface area contributed by atoms with Crippen LogP contribution < -0.4 is 10.6 Å².